The summed E-state index contributed by atoms with van der Waals surface area (Å²) in [6.45, 7) is 1.93. The summed E-state index contributed by atoms with van der Waals surface area (Å²) < 4.78 is 24.4. The van der Waals surface area contributed by atoms with E-state index >= 15 is 0 Å². The number of rotatable bonds is 5. The van der Waals surface area contributed by atoms with Crippen LogP contribution < -0.4 is 5.73 Å². The second-order valence-corrected chi connectivity index (χ2v) is 6.62. The molecule has 0 spiro atoms. The predicted octanol–water partition coefficient (Wildman–Crippen LogP) is 0.962. The van der Waals surface area contributed by atoms with E-state index in [1.807, 2.05) is 18.2 Å². The lowest BCUT2D eigenvalue weighted by molar-refractivity contribution is 0.582. The van der Waals surface area contributed by atoms with Gasteiger partial charge in [-0.1, -0.05) is 13.0 Å². The van der Waals surface area contributed by atoms with Crippen LogP contribution >= 0.6 is 0 Å². The van der Waals surface area contributed by atoms with Crippen LogP contribution in [0, 0.1) is 0 Å². The first kappa shape index (κ1) is 13.5. The Bertz CT molecular complexity index is 650. The number of hydrogen-bond acceptors (Lipinski definition) is 5. The smallest absolute Gasteiger partial charge is 0.151 e. The second kappa shape index (κ2) is 5.40. The maximum Gasteiger partial charge on any atom is 0.151 e. The fourth-order valence-electron chi connectivity index (χ4n) is 1.63. The molecule has 2 aromatic heterocycles. The standard InChI is InChI=1S/C12H16N4O2S/c1-2-19(17,18)8-7-16-9-10(13)12(15-16)11-5-3-4-6-14-11/h3-6,9H,2,7-8,13H2,1H3. The normalized spacial score (nSPS) is 11.6. The molecule has 0 aliphatic heterocycles. The van der Waals surface area contributed by atoms with Crippen molar-refractivity contribution < 1.29 is 8.42 Å². The summed E-state index contributed by atoms with van der Waals surface area (Å²) >= 11 is 0. The molecular weight excluding hydrogens is 264 g/mol. The molecule has 0 atom stereocenters. The van der Waals surface area contributed by atoms with E-state index in [1.165, 1.54) is 0 Å². The monoisotopic (exact) mass is 280 g/mol. The first-order valence-corrected chi connectivity index (χ1v) is 7.79. The molecule has 0 unspecified atom stereocenters. The van der Waals surface area contributed by atoms with Crippen molar-refractivity contribution in [3.63, 3.8) is 0 Å². The Hall–Kier alpha value is -1.89. The molecule has 0 saturated carbocycles. The van der Waals surface area contributed by atoms with Gasteiger partial charge in [0.1, 0.15) is 5.69 Å². The summed E-state index contributed by atoms with van der Waals surface area (Å²) in [6, 6.07) is 5.47. The van der Waals surface area contributed by atoms with E-state index in [2.05, 4.69) is 10.1 Å². The van der Waals surface area contributed by atoms with Gasteiger partial charge in [0, 0.05) is 18.1 Å². The molecule has 19 heavy (non-hydrogen) atoms. The molecule has 7 heteroatoms. The highest BCUT2D eigenvalue weighted by atomic mass is 32.2. The van der Waals surface area contributed by atoms with Crippen LogP contribution in [-0.4, -0.2) is 34.7 Å². The Morgan fingerprint density at radius 2 is 2.16 bits per heavy atom. The zero-order chi connectivity index (χ0) is 13.9. The van der Waals surface area contributed by atoms with Gasteiger partial charge in [-0.2, -0.15) is 5.10 Å². The molecule has 0 aliphatic rings. The molecule has 2 heterocycles. The number of nitrogen functional groups attached to an aromatic ring is 1. The molecule has 2 N–H and O–H groups in total. The number of hydrogen-bond donors (Lipinski definition) is 1. The molecule has 0 amide bonds. The van der Waals surface area contributed by atoms with Crippen LogP contribution in [-0.2, 0) is 16.4 Å². The van der Waals surface area contributed by atoms with Gasteiger partial charge in [0.05, 0.1) is 23.7 Å². The number of aryl methyl sites for hydroxylation is 1. The fraction of sp³-hybridized carbons (Fsp3) is 0.333. The minimum absolute atomic E-state index is 0.0618. The molecule has 2 rings (SSSR count). The van der Waals surface area contributed by atoms with E-state index in [9.17, 15) is 8.42 Å². The predicted molar refractivity (Wildman–Crippen MR) is 74.2 cm³/mol. The Kier molecular flexibility index (Phi) is 3.84. The van der Waals surface area contributed by atoms with Crippen molar-refractivity contribution in [2.45, 2.75) is 13.5 Å². The lowest BCUT2D eigenvalue weighted by Gasteiger charge is -2.01. The van der Waals surface area contributed by atoms with Crippen LogP contribution in [0.2, 0.25) is 0 Å². The third kappa shape index (κ3) is 3.31. The van der Waals surface area contributed by atoms with Crippen molar-refractivity contribution in [3.8, 4) is 11.4 Å². The van der Waals surface area contributed by atoms with Gasteiger partial charge < -0.3 is 5.73 Å². The number of nitrogens with two attached hydrogens (primary N) is 1. The van der Waals surface area contributed by atoms with Crippen molar-refractivity contribution in [1.29, 1.82) is 0 Å². The third-order valence-corrected chi connectivity index (χ3v) is 4.45. The Balaban J connectivity index is 2.18. The zero-order valence-electron chi connectivity index (χ0n) is 10.7. The van der Waals surface area contributed by atoms with Crippen molar-refractivity contribution in [2.75, 3.05) is 17.2 Å². The molecule has 102 valence electrons. The highest BCUT2D eigenvalue weighted by Gasteiger charge is 2.12. The Morgan fingerprint density at radius 3 is 2.79 bits per heavy atom. The quantitative estimate of drug-likeness (QED) is 0.881. The van der Waals surface area contributed by atoms with Crippen molar-refractivity contribution in [3.05, 3.63) is 30.6 Å². The summed E-state index contributed by atoms with van der Waals surface area (Å²) in [5, 5.41) is 4.28. The van der Waals surface area contributed by atoms with Gasteiger partial charge in [0.25, 0.3) is 0 Å². The minimum atomic E-state index is -3.00. The number of aromatic nitrogens is 3. The van der Waals surface area contributed by atoms with Crippen LogP contribution in [0.1, 0.15) is 6.92 Å². The molecule has 0 radical (unpaired) electrons. The fourth-order valence-corrected chi connectivity index (χ4v) is 2.38. The van der Waals surface area contributed by atoms with Crippen LogP contribution in [0.15, 0.2) is 30.6 Å². The molecule has 0 aromatic carbocycles. The number of pyridine rings is 1. The number of nitrogens with zero attached hydrogens (tertiary/aromatic N) is 3. The van der Waals surface area contributed by atoms with Crippen LogP contribution in [0.3, 0.4) is 0 Å². The highest BCUT2D eigenvalue weighted by Crippen LogP contribution is 2.21. The first-order valence-electron chi connectivity index (χ1n) is 5.96. The Labute approximate surface area is 112 Å². The van der Waals surface area contributed by atoms with E-state index in [4.69, 9.17) is 5.73 Å². The van der Waals surface area contributed by atoms with E-state index in [0.717, 1.165) is 0 Å². The van der Waals surface area contributed by atoms with Crippen molar-refractivity contribution in [1.82, 2.24) is 14.8 Å². The topological polar surface area (TPSA) is 90.9 Å². The SMILES string of the molecule is CCS(=O)(=O)CCn1cc(N)c(-c2ccccn2)n1. The van der Waals surface area contributed by atoms with Gasteiger partial charge in [0.15, 0.2) is 9.84 Å². The summed E-state index contributed by atoms with van der Waals surface area (Å²) in [6.07, 6.45) is 3.30. The highest BCUT2D eigenvalue weighted by molar-refractivity contribution is 7.91. The largest absolute Gasteiger partial charge is 0.396 e. The summed E-state index contributed by atoms with van der Waals surface area (Å²) in [4.78, 5) is 4.17. The van der Waals surface area contributed by atoms with Crippen LogP contribution in [0.4, 0.5) is 5.69 Å². The van der Waals surface area contributed by atoms with E-state index in [0.29, 0.717) is 23.6 Å². The molecule has 2 aromatic rings. The van der Waals surface area contributed by atoms with Crippen LogP contribution in [0.25, 0.3) is 11.4 Å². The van der Waals surface area contributed by atoms with Crippen molar-refractivity contribution in [2.24, 2.45) is 0 Å². The summed E-state index contributed by atoms with van der Waals surface area (Å²) in [5.74, 6) is 0.198. The number of anilines is 1. The zero-order valence-corrected chi connectivity index (χ0v) is 11.5. The molecular formula is C12H16N4O2S. The summed E-state index contributed by atoms with van der Waals surface area (Å²) in [5.41, 5.74) is 7.62. The first-order chi connectivity index (χ1) is 9.02. The van der Waals surface area contributed by atoms with Crippen LogP contribution in [0.5, 0.6) is 0 Å². The molecule has 0 saturated heterocycles. The van der Waals surface area contributed by atoms with Gasteiger partial charge in [0.2, 0.25) is 0 Å². The molecule has 0 aliphatic carbocycles. The average Bonchev–Trinajstić information content (AvgIpc) is 2.79. The minimum Gasteiger partial charge on any atom is -0.396 e. The maximum atomic E-state index is 11.4. The molecule has 0 bridgehead atoms. The van der Waals surface area contributed by atoms with Gasteiger partial charge in [-0.3, -0.25) is 9.67 Å². The Morgan fingerprint density at radius 1 is 1.37 bits per heavy atom. The van der Waals surface area contributed by atoms with Gasteiger partial charge in [-0.05, 0) is 12.1 Å². The number of sulfone groups is 1. The second-order valence-electron chi connectivity index (χ2n) is 4.15. The van der Waals surface area contributed by atoms with Crippen molar-refractivity contribution >= 4 is 15.5 Å². The lowest BCUT2D eigenvalue weighted by atomic mass is 10.2. The third-order valence-electron chi connectivity index (χ3n) is 2.77. The molecule has 6 nitrogen and oxygen atoms in total. The van der Waals surface area contributed by atoms with E-state index in [1.54, 1.807) is 24.0 Å². The van der Waals surface area contributed by atoms with Gasteiger partial charge in [-0.15, -0.1) is 0 Å². The molecule has 0 fully saturated rings. The van der Waals surface area contributed by atoms with Gasteiger partial charge in [-0.25, -0.2) is 8.42 Å². The maximum absolute atomic E-state index is 11.4. The average molecular weight is 280 g/mol. The lowest BCUT2D eigenvalue weighted by Crippen LogP contribution is -2.14. The van der Waals surface area contributed by atoms with Gasteiger partial charge >= 0.3 is 0 Å². The van der Waals surface area contributed by atoms with E-state index in [-0.39, 0.29) is 11.5 Å². The summed E-state index contributed by atoms with van der Waals surface area (Å²) in [7, 11) is -3.00. The van der Waals surface area contributed by atoms with E-state index < -0.39 is 9.84 Å².